The van der Waals surface area contributed by atoms with Crippen LogP contribution in [0.3, 0.4) is 0 Å². The summed E-state index contributed by atoms with van der Waals surface area (Å²) < 4.78 is 0. The number of rotatable bonds is 4. The highest BCUT2D eigenvalue weighted by molar-refractivity contribution is 5.50. The Morgan fingerprint density at radius 3 is 2.78 bits per heavy atom. The molecule has 0 fully saturated rings. The number of hydrogen-bond donors (Lipinski definition) is 0. The molecular formula is C8H12O. The smallest absolute Gasteiger partial charge is 0.120 e. The summed E-state index contributed by atoms with van der Waals surface area (Å²) in [4.78, 5) is 9.85. The van der Waals surface area contributed by atoms with Gasteiger partial charge in [-0.2, -0.15) is 0 Å². The Bertz CT molecular complexity index is 123. The van der Waals surface area contributed by atoms with E-state index in [2.05, 4.69) is 6.58 Å². The third-order valence-corrected chi connectivity index (χ3v) is 0.986. The molecule has 0 aliphatic rings. The molecule has 0 aliphatic carbocycles. The summed E-state index contributed by atoms with van der Waals surface area (Å²) in [5.41, 5.74) is 1.02. The molecule has 0 heterocycles. The molecule has 0 aliphatic heterocycles. The van der Waals surface area contributed by atoms with Crippen LogP contribution >= 0.6 is 0 Å². The molecule has 0 amide bonds. The lowest BCUT2D eigenvalue weighted by Crippen LogP contribution is -1.77. The van der Waals surface area contributed by atoms with E-state index in [-0.39, 0.29) is 0 Å². The topological polar surface area (TPSA) is 17.1 Å². The number of hydrogen-bond acceptors (Lipinski definition) is 1. The van der Waals surface area contributed by atoms with Gasteiger partial charge in [0.05, 0.1) is 0 Å². The van der Waals surface area contributed by atoms with Gasteiger partial charge in [0.1, 0.15) is 6.29 Å². The van der Waals surface area contributed by atoms with Crippen molar-refractivity contribution in [2.75, 3.05) is 0 Å². The van der Waals surface area contributed by atoms with Crippen LogP contribution in [0.2, 0.25) is 0 Å². The van der Waals surface area contributed by atoms with E-state index in [1.807, 2.05) is 19.1 Å². The Kier molecular flexibility index (Phi) is 4.79. The SMILES string of the molecule is C=C(C=CC)CCC=O. The fourth-order valence-corrected chi connectivity index (χ4v) is 0.563. The lowest BCUT2D eigenvalue weighted by atomic mass is 10.2. The number of carbonyl (C=O) groups excluding carboxylic acids is 1. The molecule has 0 atom stereocenters. The molecule has 0 rings (SSSR count). The summed E-state index contributed by atoms with van der Waals surface area (Å²) >= 11 is 0. The quantitative estimate of drug-likeness (QED) is 0.414. The van der Waals surface area contributed by atoms with Crippen LogP contribution in [0, 0.1) is 0 Å². The Labute approximate surface area is 56.1 Å². The molecule has 0 saturated carbocycles. The first-order chi connectivity index (χ1) is 4.31. The van der Waals surface area contributed by atoms with Crippen LogP contribution in [0.4, 0.5) is 0 Å². The first-order valence-electron chi connectivity index (χ1n) is 3.05. The summed E-state index contributed by atoms with van der Waals surface area (Å²) in [6, 6.07) is 0. The monoisotopic (exact) mass is 124 g/mol. The van der Waals surface area contributed by atoms with Crippen LogP contribution in [0.1, 0.15) is 19.8 Å². The third kappa shape index (κ3) is 5.01. The molecule has 0 aromatic heterocycles. The van der Waals surface area contributed by atoms with Crippen LogP contribution in [-0.2, 0) is 4.79 Å². The summed E-state index contributed by atoms with van der Waals surface area (Å²) in [7, 11) is 0. The molecule has 0 spiro atoms. The van der Waals surface area contributed by atoms with Gasteiger partial charge in [-0.1, -0.05) is 24.3 Å². The average molecular weight is 124 g/mol. The van der Waals surface area contributed by atoms with Gasteiger partial charge in [0, 0.05) is 6.42 Å². The molecule has 0 saturated heterocycles. The zero-order chi connectivity index (χ0) is 7.11. The summed E-state index contributed by atoms with van der Waals surface area (Å²) in [6.07, 6.45) is 6.13. The van der Waals surface area contributed by atoms with Crippen molar-refractivity contribution < 1.29 is 4.79 Å². The van der Waals surface area contributed by atoms with Gasteiger partial charge in [-0.05, 0) is 13.3 Å². The van der Waals surface area contributed by atoms with E-state index in [0.717, 1.165) is 18.3 Å². The van der Waals surface area contributed by atoms with Gasteiger partial charge < -0.3 is 4.79 Å². The lowest BCUT2D eigenvalue weighted by Gasteiger charge is -1.90. The molecule has 1 nitrogen and oxygen atoms in total. The van der Waals surface area contributed by atoms with Gasteiger partial charge >= 0.3 is 0 Å². The van der Waals surface area contributed by atoms with Gasteiger partial charge in [-0.15, -0.1) is 0 Å². The molecule has 0 bridgehead atoms. The fraction of sp³-hybridized carbons (Fsp3) is 0.375. The van der Waals surface area contributed by atoms with Crippen molar-refractivity contribution in [1.82, 2.24) is 0 Å². The molecule has 1 heteroatoms. The Morgan fingerprint density at radius 1 is 1.67 bits per heavy atom. The van der Waals surface area contributed by atoms with Crippen LogP contribution in [0.25, 0.3) is 0 Å². The van der Waals surface area contributed by atoms with Crippen molar-refractivity contribution in [3.05, 3.63) is 24.3 Å². The highest BCUT2D eigenvalue weighted by Gasteiger charge is 1.85. The van der Waals surface area contributed by atoms with E-state index in [1.165, 1.54) is 0 Å². The van der Waals surface area contributed by atoms with E-state index in [0.29, 0.717) is 6.42 Å². The number of aldehydes is 1. The predicted octanol–water partition coefficient (Wildman–Crippen LogP) is 2.10. The van der Waals surface area contributed by atoms with E-state index >= 15 is 0 Å². The minimum Gasteiger partial charge on any atom is -0.303 e. The molecule has 0 aromatic carbocycles. The fourth-order valence-electron chi connectivity index (χ4n) is 0.563. The Hall–Kier alpha value is -0.850. The Morgan fingerprint density at radius 2 is 2.33 bits per heavy atom. The zero-order valence-electron chi connectivity index (χ0n) is 5.76. The normalized spacial score (nSPS) is 9.89. The van der Waals surface area contributed by atoms with Crippen LogP contribution < -0.4 is 0 Å². The second kappa shape index (κ2) is 5.29. The van der Waals surface area contributed by atoms with Crippen molar-refractivity contribution in [2.24, 2.45) is 0 Å². The molecule has 0 radical (unpaired) electrons. The maximum atomic E-state index is 9.85. The predicted molar refractivity (Wildman–Crippen MR) is 39.3 cm³/mol. The molecule has 50 valence electrons. The number of carbonyl (C=O) groups is 1. The van der Waals surface area contributed by atoms with E-state index in [9.17, 15) is 4.79 Å². The van der Waals surface area contributed by atoms with E-state index < -0.39 is 0 Å². The third-order valence-electron chi connectivity index (χ3n) is 0.986. The molecule has 9 heavy (non-hydrogen) atoms. The van der Waals surface area contributed by atoms with Gasteiger partial charge in [0.15, 0.2) is 0 Å². The first kappa shape index (κ1) is 8.15. The van der Waals surface area contributed by atoms with Gasteiger partial charge in [0.25, 0.3) is 0 Å². The van der Waals surface area contributed by atoms with Crippen molar-refractivity contribution in [1.29, 1.82) is 0 Å². The van der Waals surface area contributed by atoms with Gasteiger partial charge in [-0.25, -0.2) is 0 Å². The van der Waals surface area contributed by atoms with E-state index in [1.54, 1.807) is 0 Å². The maximum absolute atomic E-state index is 9.85. The highest BCUT2D eigenvalue weighted by Crippen LogP contribution is 2.00. The van der Waals surface area contributed by atoms with Crippen molar-refractivity contribution in [2.45, 2.75) is 19.8 Å². The minimum absolute atomic E-state index is 0.586. The maximum Gasteiger partial charge on any atom is 0.120 e. The van der Waals surface area contributed by atoms with Crippen molar-refractivity contribution in [3.63, 3.8) is 0 Å². The van der Waals surface area contributed by atoms with Crippen LogP contribution in [0.5, 0.6) is 0 Å². The molecular weight excluding hydrogens is 112 g/mol. The summed E-state index contributed by atoms with van der Waals surface area (Å²) in [5, 5.41) is 0. The number of allylic oxidation sites excluding steroid dienone is 3. The highest BCUT2D eigenvalue weighted by atomic mass is 16.1. The van der Waals surface area contributed by atoms with Gasteiger partial charge in [-0.3, -0.25) is 0 Å². The van der Waals surface area contributed by atoms with Crippen LogP contribution in [-0.4, -0.2) is 6.29 Å². The minimum atomic E-state index is 0.586. The zero-order valence-corrected chi connectivity index (χ0v) is 5.76. The molecule has 0 N–H and O–H groups in total. The molecule has 0 unspecified atom stereocenters. The van der Waals surface area contributed by atoms with Gasteiger partial charge in [0.2, 0.25) is 0 Å². The van der Waals surface area contributed by atoms with E-state index in [4.69, 9.17) is 0 Å². The van der Waals surface area contributed by atoms with Crippen LogP contribution in [0.15, 0.2) is 24.3 Å². The summed E-state index contributed by atoms with van der Waals surface area (Å²) in [6.45, 7) is 5.67. The Balaban J connectivity index is 3.38. The standard InChI is InChI=1S/C8H12O/c1-3-5-8(2)6-4-7-9/h3,5,7H,2,4,6H2,1H3. The second-order valence-corrected chi connectivity index (χ2v) is 1.86. The second-order valence-electron chi connectivity index (χ2n) is 1.86. The largest absolute Gasteiger partial charge is 0.303 e. The van der Waals surface area contributed by atoms with Crippen molar-refractivity contribution >= 4 is 6.29 Å². The first-order valence-corrected chi connectivity index (χ1v) is 3.05. The lowest BCUT2D eigenvalue weighted by molar-refractivity contribution is -0.107. The average Bonchev–Trinajstić information content (AvgIpc) is 1.85. The van der Waals surface area contributed by atoms with Crippen molar-refractivity contribution in [3.8, 4) is 0 Å². The molecule has 0 aromatic rings. The summed E-state index contributed by atoms with van der Waals surface area (Å²) in [5.74, 6) is 0.